The first-order valence-electron chi connectivity index (χ1n) is 4.30. The van der Waals surface area contributed by atoms with E-state index in [4.69, 9.17) is 5.11 Å². The van der Waals surface area contributed by atoms with E-state index in [9.17, 15) is 9.59 Å². The van der Waals surface area contributed by atoms with Gasteiger partial charge in [-0.2, -0.15) is 11.8 Å². The highest BCUT2D eigenvalue weighted by Crippen LogP contribution is 2.19. The van der Waals surface area contributed by atoms with Crippen LogP contribution in [-0.2, 0) is 9.59 Å². The summed E-state index contributed by atoms with van der Waals surface area (Å²) in [5.74, 6) is -0.593. The van der Waals surface area contributed by atoms with Crippen molar-refractivity contribution < 1.29 is 14.7 Å². The summed E-state index contributed by atoms with van der Waals surface area (Å²) < 4.78 is 0. The molecule has 0 spiro atoms. The highest BCUT2D eigenvalue weighted by atomic mass is 32.2. The van der Waals surface area contributed by atoms with Gasteiger partial charge in [-0.3, -0.25) is 14.5 Å². The van der Waals surface area contributed by atoms with Crippen molar-refractivity contribution in [2.75, 3.05) is 12.9 Å². The Morgan fingerprint density at radius 1 is 1.43 bits per heavy atom. The Kier molecular flexibility index (Phi) is 3.71. The lowest BCUT2D eigenvalue weighted by atomic mass is 10.2. The smallest absolute Gasteiger partial charge is 0.253 e. The normalized spacial score (nSPS) is 20.4. The third-order valence-corrected chi connectivity index (χ3v) is 3.42. The first-order valence-corrected chi connectivity index (χ1v) is 5.59. The molecule has 0 saturated carbocycles. The van der Waals surface area contributed by atoms with E-state index in [1.165, 1.54) is 28.8 Å². The van der Waals surface area contributed by atoms with Gasteiger partial charge in [0.15, 0.2) is 0 Å². The highest BCUT2D eigenvalue weighted by Gasteiger charge is 2.32. The quantitative estimate of drug-likeness (QED) is 0.672. The fraction of sp³-hybridized carbons (Fsp3) is 0.556. The topological polar surface area (TPSA) is 57.6 Å². The van der Waals surface area contributed by atoms with Crippen LogP contribution in [0.15, 0.2) is 12.2 Å². The molecule has 14 heavy (non-hydrogen) atoms. The average Bonchev–Trinajstić information content (AvgIpc) is 2.48. The number of hydrogen-bond donors (Lipinski definition) is 1. The molecule has 1 aliphatic rings. The average molecular weight is 215 g/mol. The number of aliphatic hydroxyl groups is 1. The largest absolute Gasteiger partial charge is 0.395 e. The van der Waals surface area contributed by atoms with Crippen LogP contribution in [0, 0.1) is 0 Å². The fourth-order valence-electron chi connectivity index (χ4n) is 1.40. The van der Waals surface area contributed by atoms with Crippen LogP contribution in [0.5, 0.6) is 0 Å². The van der Waals surface area contributed by atoms with Gasteiger partial charge >= 0.3 is 0 Å². The number of carbonyl (C=O) groups excluding carboxylic acids is 2. The van der Waals surface area contributed by atoms with E-state index in [0.29, 0.717) is 0 Å². The van der Waals surface area contributed by atoms with Crippen molar-refractivity contribution in [2.45, 2.75) is 18.2 Å². The molecule has 2 atom stereocenters. The highest BCUT2D eigenvalue weighted by molar-refractivity contribution is 7.99. The van der Waals surface area contributed by atoms with Gasteiger partial charge in [0.25, 0.3) is 11.8 Å². The van der Waals surface area contributed by atoms with Crippen molar-refractivity contribution in [3.63, 3.8) is 0 Å². The molecule has 2 amide bonds. The molecule has 0 radical (unpaired) electrons. The Labute approximate surface area is 87.0 Å². The maximum absolute atomic E-state index is 11.3. The number of rotatable bonds is 4. The maximum Gasteiger partial charge on any atom is 0.253 e. The third-order valence-electron chi connectivity index (χ3n) is 2.27. The number of carbonyl (C=O) groups is 2. The van der Waals surface area contributed by atoms with Gasteiger partial charge in [-0.1, -0.05) is 0 Å². The predicted octanol–water partition coefficient (Wildman–Crippen LogP) is 0.0238. The molecule has 1 rings (SSSR count). The Hall–Kier alpha value is -0.810. The van der Waals surface area contributed by atoms with Crippen LogP contribution in [0.3, 0.4) is 0 Å². The van der Waals surface area contributed by atoms with E-state index >= 15 is 0 Å². The summed E-state index contributed by atoms with van der Waals surface area (Å²) in [5, 5.41) is 8.92. The molecular weight excluding hydrogens is 202 g/mol. The SMILES string of the molecule is CSC(CO)C(C)N1C(=O)C=CC1=O. The summed E-state index contributed by atoms with van der Waals surface area (Å²) in [7, 11) is 0. The van der Waals surface area contributed by atoms with Gasteiger partial charge in [-0.25, -0.2) is 0 Å². The summed E-state index contributed by atoms with van der Waals surface area (Å²) in [6, 6.07) is -0.273. The number of nitrogens with zero attached hydrogens (tertiary/aromatic N) is 1. The van der Waals surface area contributed by atoms with Crippen LogP contribution in [-0.4, -0.2) is 46.0 Å². The molecule has 1 N–H and O–H groups in total. The Bertz CT molecular complexity index is 255. The summed E-state index contributed by atoms with van der Waals surface area (Å²) >= 11 is 1.45. The number of amides is 2. The van der Waals surface area contributed by atoms with Crippen LogP contribution in [0.2, 0.25) is 0 Å². The predicted molar refractivity (Wildman–Crippen MR) is 54.8 cm³/mol. The first kappa shape index (κ1) is 11.3. The van der Waals surface area contributed by atoms with Crippen molar-refractivity contribution in [1.82, 2.24) is 4.90 Å². The van der Waals surface area contributed by atoms with Crippen molar-refractivity contribution in [2.24, 2.45) is 0 Å². The second kappa shape index (κ2) is 4.61. The molecule has 4 nitrogen and oxygen atoms in total. The van der Waals surface area contributed by atoms with Crippen molar-refractivity contribution in [3.8, 4) is 0 Å². The third kappa shape index (κ3) is 1.99. The van der Waals surface area contributed by atoms with Crippen LogP contribution >= 0.6 is 11.8 Å². The minimum atomic E-state index is -0.296. The number of thioether (sulfide) groups is 1. The fourth-order valence-corrected chi connectivity index (χ4v) is 2.07. The van der Waals surface area contributed by atoms with E-state index in [0.717, 1.165) is 0 Å². The minimum Gasteiger partial charge on any atom is -0.395 e. The Morgan fingerprint density at radius 3 is 2.29 bits per heavy atom. The van der Waals surface area contributed by atoms with Gasteiger partial charge in [-0.05, 0) is 13.2 Å². The van der Waals surface area contributed by atoms with E-state index < -0.39 is 0 Å². The second-order valence-electron chi connectivity index (χ2n) is 3.08. The molecule has 0 aromatic carbocycles. The van der Waals surface area contributed by atoms with Gasteiger partial charge in [0, 0.05) is 17.4 Å². The molecule has 0 aliphatic carbocycles. The van der Waals surface area contributed by atoms with Crippen molar-refractivity contribution in [1.29, 1.82) is 0 Å². The monoisotopic (exact) mass is 215 g/mol. The van der Waals surface area contributed by atoms with E-state index in [1.54, 1.807) is 6.92 Å². The van der Waals surface area contributed by atoms with Crippen molar-refractivity contribution >= 4 is 23.6 Å². The van der Waals surface area contributed by atoms with Crippen LogP contribution in [0.25, 0.3) is 0 Å². The van der Waals surface area contributed by atoms with Gasteiger partial charge in [0.05, 0.1) is 12.6 Å². The zero-order valence-electron chi connectivity index (χ0n) is 8.14. The van der Waals surface area contributed by atoms with Crippen LogP contribution < -0.4 is 0 Å². The van der Waals surface area contributed by atoms with Gasteiger partial charge in [0.1, 0.15) is 0 Å². The second-order valence-corrected chi connectivity index (χ2v) is 4.15. The standard InChI is InChI=1S/C9H13NO3S/c1-6(7(5-11)14-2)10-8(12)3-4-9(10)13/h3-4,6-7,11H,5H2,1-2H3. The molecule has 2 unspecified atom stereocenters. The zero-order valence-corrected chi connectivity index (χ0v) is 8.95. The number of imide groups is 1. The lowest BCUT2D eigenvalue weighted by Crippen LogP contribution is -2.45. The lowest BCUT2D eigenvalue weighted by molar-refractivity contribution is -0.139. The molecule has 78 valence electrons. The van der Waals surface area contributed by atoms with E-state index in [2.05, 4.69) is 0 Å². The van der Waals surface area contributed by atoms with Crippen LogP contribution in [0.4, 0.5) is 0 Å². The van der Waals surface area contributed by atoms with Gasteiger partial charge in [0.2, 0.25) is 0 Å². The minimum absolute atomic E-state index is 0.0423. The summed E-state index contributed by atoms with van der Waals surface area (Å²) in [6.07, 6.45) is 4.36. The molecule has 0 aromatic heterocycles. The number of aliphatic hydroxyl groups excluding tert-OH is 1. The Morgan fingerprint density at radius 2 is 1.93 bits per heavy atom. The van der Waals surface area contributed by atoms with Gasteiger partial charge in [-0.15, -0.1) is 0 Å². The summed E-state index contributed by atoms with van der Waals surface area (Å²) in [4.78, 5) is 23.8. The van der Waals surface area contributed by atoms with Crippen LogP contribution in [0.1, 0.15) is 6.92 Å². The molecule has 0 aromatic rings. The Balaban J connectivity index is 2.73. The van der Waals surface area contributed by atoms with E-state index in [1.807, 2.05) is 6.26 Å². The number of hydrogen-bond acceptors (Lipinski definition) is 4. The van der Waals surface area contributed by atoms with Gasteiger partial charge < -0.3 is 5.11 Å². The molecule has 0 bridgehead atoms. The molecule has 0 saturated heterocycles. The van der Waals surface area contributed by atoms with Crippen molar-refractivity contribution in [3.05, 3.63) is 12.2 Å². The maximum atomic E-state index is 11.3. The zero-order chi connectivity index (χ0) is 10.7. The molecule has 0 fully saturated rings. The molecular formula is C9H13NO3S. The molecule has 1 aliphatic heterocycles. The summed E-state index contributed by atoms with van der Waals surface area (Å²) in [6.45, 7) is 1.72. The summed E-state index contributed by atoms with van der Waals surface area (Å²) in [5.41, 5.74) is 0. The molecule has 5 heteroatoms. The molecule has 1 heterocycles. The lowest BCUT2D eigenvalue weighted by Gasteiger charge is -2.27. The van der Waals surface area contributed by atoms with E-state index in [-0.39, 0.29) is 29.7 Å². The first-order chi connectivity index (χ1) is 6.61.